The van der Waals surface area contributed by atoms with Crippen LogP contribution in [0.1, 0.15) is 5.56 Å². The van der Waals surface area contributed by atoms with E-state index in [1.807, 2.05) is 24.3 Å². The van der Waals surface area contributed by atoms with Crippen molar-refractivity contribution in [2.24, 2.45) is 0 Å². The molecule has 0 radical (unpaired) electrons. The molecule has 1 heterocycles. The molecular formula is C14H10F2N2S. The Kier molecular flexibility index (Phi) is 2.91. The molecule has 0 spiro atoms. The number of H-pyrrole nitrogens is 1. The average Bonchev–Trinajstić information content (AvgIpc) is 2.70. The third kappa shape index (κ3) is 2.06. The number of nitrogens with zero attached hydrogens (tertiary/aromatic N) is 1. The molecule has 0 aliphatic heterocycles. The molecule has 0 unspecified atom stereocenters. The minimum absolute atomic E-state index is 0.0170. The van der Waals surface area contributed by atoms with E-state index in [9.17, 15) is 8.78 Å². The summed E-state index contributed by atoms with van der Waals surface area (Å²) < 4.78 is 29.5. The van der Waals surface area contributed by atoms with Crippen LogP contribution in [0.15, 0.2) is 42.5 Å². The molecular weight excluding hydrogens is 266 g/mol. The molecule has 0 saturated heterocycles. The summed E-state index contributed by atoms with van der Waals surface area (Å²) >= 11 is 5.20. The summed E-state index contributed by atoms with van der Waals surface area (Å²) in [5, 5.41) is 0. The molecule has 3 rings (SSSR count). The second-order valence-electron chi connectivity index (χ2n) is 4.23. The topological polar surface area (TPSA) is 20.7 Å². The summed E-state index contributed by atoms with van der Waals surface area (Å²) in [6, 6.07) is 11.3. The first-order chi connectivity index (χ1) is 9.16. The van der Waals surface area contributed by atoms with E-state index >= 15 is 0 Å². The van der Waals surface area contributed by atoms with Crippen molar-refractivity contribution < 1.29 is 8.78 Å². The van der Waals surface area contributed by atoms with E-state index in [4.69, 9.17) is 12.2 Å². The lowest BCUT2D eigenvalue weighted by Gasteiger charge is -2.07. The maximum absolute atomic E-state index is 13.7. The Bertz CT molecular complexity index is 784. The van der Waals surface area contributed by atoms with Crippen molar-refractivity contribution in [1.29, 1.82) is 0 Å². The number of imidazole rings is 1. The summed E-state index contributed by atoms with van der Waals surface area (Å²) in [4.78, 5) is 3.02. The number of aromatic nitrogens is 2. The van der Waals surface area contributed by atoms with E-state index < -0.39 is 11.6 Å². The van der Waals surface area contributed by atoms with Crippen LogP contribution in [0, 0.1) is 16.4 Å². The molecule has 1 aromatic heterocycles. The maximum atomic E-state index is 13.7. The number of para-hydroxylation sites is 2. The van der Waals surface area contributed by atoms with Gasteiger partial charge in [0.05, 0.1) is 17.6 Å². The quantitative estimate of drug-likeness (QED) is 0.701. The Balaban J connectivity index is 2.16. The Morgan fingerprint density at radius 2 is 1.68 bits per heavy atom. The number of hydrogen-bond acceptors (Lipinski definition) is 1. The number of aromatic amines is 1. The van der Waals surface area contributed by atoms with E-state index in [2.05, 4.69) is 4.98 Å². The number of hydrogen-bond donors (Lipinski definition) is 1. The third-order valence-corrected chi connectivity index (χ3v) is 3.38. The normalized spacial score (nSPS) is 11.1. The van der Waals surface area contributed by atoms with Crippen molar-refractivity contribution in [3.8, 4) is 0 Å². The van der Waals surface area contributed by atoms with Crippen LogP contribution >= 0.6 is 12.2 Å². The number of rotatable bonds is 2. The molecule has 19 heavy (non-hydrogen) atoms. The molecule has 1 N–H and O–H groups in total. The Morgan fingerprint density at radius 3 is 2.42 bits per heavy atom. The monoisotopic (exact) mass is 276 g/mol. The van der Waals surface area contributed by atoms with Crippen LogP contribution in [0.4, 0.5) is 8.78 Å². The van der Waals surface area contributed by atoms with Crippen molar-refractivity contribution >= 4 is 23.3 Å². The molecule has 2 nitrogen and oxygen atoms in total. The highest BCUT2D eigenvalue weighted by molar-refractivity contribution is 7.71. The first kappa shape index (κ1) is 12.0. The van der Waals surface area contributed by atoms with Gasteiger partial charge in [-0.2, -0.15) is 0 Å². The van der Waals surface area contributed by atoms with Crippen LogP contribution in [0.5, 0.6) is 0 Å². The lowest BCUT2D eigenvalue weighted by atomic mass is 10.2. The average molecular weight is 276 g/mol. The second-order valence-corrected chi connectivity index (χ2v) is 4.62. The van der Waals surface area contributed by atoms with Crippen LogP contribution in [0.2, 0.25) is 0 Å². The fourth-order valence-electron chi connectivity index (χ4n) is 2.11. The molecule has 96 valence electrons. The summed E-state index contributed by atoms with van der Waals surface area (Å²) in [6.45, 7) is 0.0708. The first-order valence-corrected chi connectivity index (χ1v) is 6.18. The largest absolute Gasteiger partial charge is 0.331 e. The van der Waals surface area contributed by atoms with Crippen LogP contribution in [-0.2, 0) is 6.54 Å². The van der Waals surface area contributed by atoms with Crippen molar-refractivity contribution in [3.05, 3.63) is 64.4 Å². The fourth-order valence-corrected chi connectivity index (χ4v) is 2.38. The molecule has 0 fully saturated rings. The van der Waals surface area contributed by atoms with Crippen molar-refractivity contribution in [1.82, 2.24) is 9.55 Å². The summed E-state index contributed by atoms with van der Waals surface area (Å²) in [6.07, 6.45) is 0. The van der Waals surface area contributed by atoms with Gasteiger partial charge in [0.15, 0.2) is 4.77 Å². The van der Waals surface area contributed by atoms with Gasteiger partial charge in [0, 0.05) is 5.56 Å². The zero-order valence-electron chi connectivity index (χ0n) is 9.86. The minimum Gasteiger partial charge on any atom is -0.331 e. The molecule has 5 heteroatoms. The molecule has 0 aliphatic rings. The lowest BCUT2D eigenvalue weighted by molar-refractivity contribution is 0.546. The predicted octanol–water partition coefficient (Wildman–Crippen LogP) is 4.03. The van der Waals surface area contributed by atoms with Gasteiger partial charge in [-0.25, -0.2) is 8.78 Å². The Labute approximate surface area is 113 Å². The zero-order chi connectivity index (χ0) is 13.4. The molecule has 0 bridgehead atoms. The van der Waals surface area contributed by atoms with Crippen molar-refractivity contribution in [3.63, 3.8) is 0 Å². The highest BCUT2D eigenvalue weighted by Gasteiger charge is 2.11. The third-order valence-electron chi connectivity index (χ3n) is 3.06. The van der Waals surface area contributed by atoms with Gasteiger partial charge in [-0.3, -0.25) is 0 Å². The van der Waals surface area contributed by atoms with Gasteiger partial charge in [-0.05, 0) is 36.5 Å². The molecule has 0 aliphatic carbocycles. The van der Waals surface area contributed by atoms with Gasteiger partial charge in [0.1, 0.15) is 11.6 Å². The van der Waals surface area contributed by atoms with Crippen molar-refractivity contribution in [2.45, 2.75) is 6.54 Å². The van der Waals surface area contributed by atoms with E-state index in [0.717, 1.165) is 11.0 Å². The van der Waals surface area contributed by atoms with Crippen LogP contribution < -0.4 is 0 Å². The molecule has 0 atom stereocenters. The SMILES string of the molecule is Fc1cccc(F)c1Cn1c(=S)[nH]c2ccccc21. The van der Waals surface area contributed by atoms with Gasteiger partial charge < -0.3 is 9.55 Å². The van der Waals surface area contributed by atoms with Gasteiger partial charge in [0.25, 0.3) is 0 Å². The smallest absolute Gasteiger partial charge is 0.178 e. The summed E-state index contributed by atoms with van der Waals surface area (Å²) in [5.41, 5.74) is 1.70. The van der Waals surface area contributed by atoms with Crippen molar-refractivity contribution in [2.75, 3.05) is 0 Å². The molecule has 2 aromatic carbocycles. The highest BCUT2D eigenvalue weighted by Crippen LogP contribution is 2.18. The zero-order valence-corrected chi connectivity index (χ0v) is 10.7. The summed E-state index contributed by atoms with van der Waals surface area (Å²) in [7, 11) is 0. The van der Waals surface area contributed by atoms with Gasteiger partial charge in [-0.15, -0.1) is 0 Å². The Hall–Kier alpha value is -2.01. The molecule has 0 amide bonds. The lowest BCUT2D eigenvalue weighted by Crippen LogP contribution is -2.04. The van der Waals surface area contributed by atoms with Crippen LogP contribution in [0.3, 0.4) is 0 Å². The first-order valence-electron chi connectivity index (χ1n) is 5.77. The number of nitrogens with one attached hydrogen (secondary N) is 1. The van der Waals surface area contributed by atoms with Gasteiger partial charge in [0.2, 0.25) is 0 Å². The Morgan fingerprint density at radius 1 is 1.00 bits per heavy atom. The van der Waals surface area contributed by atoms with E-state index in [-0.39, 0.29) is 12.1 Å². The van der Waals surface area contributed by atoms with E-state index in [1.165, 1.54) is 18.2 Å². The number of halogens is 2. The molecule has 3 aromatic rings. The fraction of sp³-hybridized carbons (Fsp3) is 0.0714. The van der Waals surface area contributed by atoms with E-state index in [0.29, 0.717) is 4.77 Å². The van der Waals surface area contributed by atoms with Crippen LogP contribution in [-0.4, -0.2) is 9.55 Å². The second kappa shape index (κ2) is 4.59. The molecule has 0 saturated carbocycles. The van der Waals surface area contributed by atoms with Crippen LogP contribution in [0.25, 0.3) is 11.0 Å². The van der Waals surface area contributed by atoms with Gasteiger partial charge >= 0.3 is 0 Å². The number of fused-ring (bicyclic) bond motifs is 1. The predicted molar refractivity (Wildman–Crippen MR) is 72.6 cm³/mol. The maximum Gasteiger partial charge on any atom is 0.178 e. The van der Waals surface area contributed by atoms with Gasteiger partial charge in [-0.1, -0.05) is 18.2 Å². The summed E-state index contributed by atoms with van der Waals surface area (Å²) in [5.74, 6) is -1.13. The highest BCUT2D eigenvalue weighted by atomic mass is 32.1. The van der Waals surface area contributed by atoms with E-state index in [1.54, 1.807) is 4.57 Å². The standard InChI is InChI=1S/C14H10F2N2S/c15-10-4-3-5-11(16)9(10)8-18-13-7-2-1-6-12(13)17-14(18)19/h1-7H,8H2,(H,17,19). The number of benzene rings is 2. The minimum atomic E-state index is -0.563.